The lowest BCUT2D eigenvalue weighted by Gasteiger charge is -2.45. The monoisotopic (exact) mass is 360 g/mol. The summed E-state index contributed by atoms with van der Waals surface area (Å²) >= 11 is 0. The van der Waals surface area contributed by atoms with Gasteiger partial charge in [0.2, 0.25) is 5.91 Å². The van der Waals surface area contributed by atoms with Crippen LogP contribution in [-0.2, 0) is 11.2 Å². The fourth-order valence-corrected chi connectivity index (χ4v) is 4.62. The van der Waals surface area contributed by atoms with Gasteiger partial charge in [-0.1, -0.05) is 31.0 Å². The van der Waals surface area contributed by atoms with E-state index in [9.17, 15) is 15.0 Å². The second-order valence-electron chi connectivity index (χ2n) is 8.07. The van der Waals surface area contributed by atoms with Gasteiger partial charge < -0.3 is 15.1 Å². The average molecular weight is 360 g/mol. The molecule has 144 valence electrons. The highest BCUT2D eigenvalue weighted by Gasteiger charge is 2.42. The molecule has 5 heteroatoms. The molecule has 2 N–H and O–H groups in total. The number of carbonyl (C=O) groups is 1. The molecule has 2 heterocycles. The summed E-state index contributed by atoms with van der Waals surface area (Å²) in [6.07, 6.45) is 3.85. The normalized spacial score (nSPS) is 26.6. The lowest BCUT2D eigenvalue weighted by atomic mass is 9.74. The van der Waals surface area contributed by atoms with Crippen LogP contribution in [0.1, 0.15) is 43.7 Å². The molecule has 26 heavy (non-hydrogen) atoms. The SMILES string of the molecule is CCC[C@@]1(CO)CN(CC(=O)N2CCCc3cc(C)ccc32)CC[C@H]1O. The summed E-state index contributed by atoms with van der Waals surface area (Å²) in [7, 11) is 0. The summed E-state index contributed by atoms with van der Waals surface area (Å²) in [6.45, 7) is 6.53. The Morgan fingerprint density at radius 2 is 2.15 bits per heavy atom. The molecular weight excluding hydrogens is 328 g/mol. The smallest absolute Gasteiger partial charge is 0.241 e. The molecule has 1 fully saturated rings. The van der Waals surface area contributed by atoms with Crippen LogP contribution in [0.2, 0.25) is 0 Å². The second-order valence-corrected chi connectivity index (χ2v) is 8.07. The van der Waals surface area contributed by atoms with Crippen molar-refractivity contribution in [3.63, 3.8) is 0 Å². The third-order valence-corrected chi connectivity index (χ3v) is 6.04. The average Bonchev–Trinajstić information content (AvgIpc) is 2.63. The molecule has 1 saturated heterocycles. The summed E-state index contributed by atoms with van der Waals surface area (Å²) < 4.78 is 0. The van der Waals surface area contributed by atoms with E-state index < -0.39 is 11.5 Å². The number of carbonyl (C=O) groups excluding carboxylic acids is 1. The van der Waals surface area contributed by atoms with Crippen LogP contribution in [0.4, 0.5) is 5.69 Å². The number of hydrogen-bond acceptors (Lipinski definition) is 4. The van der Waals surface area contributed by atoms with Gasteiger partial charge in [0.1, 0.15) is 0 Å². The molecule has 0 spiro atoms. The minimum atomic E-state index is -0.496. The number of aliphatic hydroxyl groups is 2. The topological polar surface area (TPSA) is 64.0 Å². The number of nitrogens with zero attached hydrogens (tertiary/aromatic N) is 2. The van der Waals surface area contributed by atoms with Crippen molar-refractivity contribution in [3.05, 3.63) is 29.3 Å². The van der Waals surface area contributed by atoms with Gasteiger partial charge in [-0.2, -0.15) is 0 Å². The Kier molecular flexibility index (Phi) is 6.00. The Balaban J connectivity index is 1.71. The fraction of sp³-hybridized carbons (Fsp3) is 0.667. The van der Waals surface area contributed by atoms with E-state index in [1.54, 1.807) is 0 Å². The quantitative estimate of drug-likeness (QED) is 0.844. The minimum absolute atomic E-state index is 0.0292. The van der Waals surface area contributed by atoms with Gasteiger partial charge in [-0.05, 0) is 44.2 Å². The highest BCUT2D eigenvalue weighted by molar-refractivity contribution is 5.96. The molecular formula is C21H32N2O3. The molecule has 0 unspecified atom stereocenters. The first-order valence-electron chi connectivity index (χ1n) is 9.90. The van der Waals surface area contributed by atoms with Crippen molar-refractivity contribution in [2.24, 2.45) is 5.41 Å². The van der Waals surface area contributed by atoms with Gasteiger partial charge >= 0.3 is 0 Å². The van der Waals surface area contributed by atoms with Crippen LogP contribution in [0.25, 0.3) is 0 Å². The van der Waals surface area contributed by atoms with Crippen LogP contribution in [0.15, 0.2) is 18.2 Å². The molecule has 2 atom stereocenters. The Labute approximate surface area is 156 Å². The number of hydrogen-bond donors (Lipinski definition) is 2. The van der Waals surface area contributed by atoms with E-state index in [2.05, 4.69) is 36.9 Å². The Morgan fingerprint density at radius 1 is 1.35 bits per heavy atom. The number of likely N-dealkylation sites (tertiary alicyclic amines) is 1. The molecule has 0 aromatic heterocycles. The Bertz CT molecular complexity index is 648. The first-order chi connectivity index (χ1) is 12.5. The zero-order valence-corrected chi connectivity index (χ0v) is 16.1. The maximum Gasteiger partial charge on any atom is 0.241 e. The van der Waals surface area contributed by atoms with Crippen LogP contribution < -0.4 is 4.90 Å². The molecule has 1 amide bonds. The zero-order valence-electron chi connectivity index (χ0n) is 16.1. The number of aliphatic hydroxyl groups excluding tert-OH is 2. The number of amides is 1. The van der Waals surface area contributed by atoms with Crippen molar-refractivity contribution in [1.29, 1.82) is 0 Å². The first kappa shape index (κ1) is 19.3. The van der Waals surface area contributed by atoms with Gasteiger partial charge in [0.25, 0.3) is 0 Å². The van der Waals surface area contributed by atoms with Gasteiger partial charge in [0.15, 0.2) is 0 Å². The highest BCUT2D eigenvalue weighted by Crippen LogP contribution is 2.35. The van der Waals surface area contributed by atoms with Crippen LogP contribution in [0.3, 0.4) is 0 Å². The summed E-state index contributed by atoms with van der Waals surface area (Å²) in [6, 6.07) is 6.32. The molecule has 1 aromatic carbocycles. The molecule has 1 aromatic rings. The third kappa shape index (κ3) is 3.80. The minimum Gasteiger partial charge on any atom is -0.396 e. The summed E-state index contributed by atoms with van der Waals surface area (Å²) in [5, 5.41) is 20.3. The number of benzene rings is 1. The van der Waals surface area contributed by atoms with E-state index in [0.717, 1.165) is 37.9 Å². The molecule has 3 rings (SSSR count). The lowest BCUT2D eigenvalue weighted by molar-refractivity contribution is -0.124. The molecule has 0 aliphatic carbocycles. The van der Waals surface area contributed by atoms with E-state index in [1.165, 1.54) is 11.1 Å². The number of rotatable bonds is 5. The highest BCUT2D eigenvalue weighted by atomic mass is 16.3. The number of anilines is 1. The van der Waals surface area contributed by atoms with E-state index in [4.69, 9.17) is 0 Å². The predicted molar refractivity (Wildman–Crippen MR) is 103 cm³/mol. The second kappa shape index (κ2) is 8.07. The van der Waals surface area contributed by atoms with Crippen LogP contribution >= 0.6 is 0 Å². The molecule has 0 radical (unpaired) electrons. The summed E-state index contributed by atoms with van der Waals surface area (Å²) in [5.41, 5.74) is 3.04. The number of aryl methyl sites for hydroxylation is 2. The Hall–Kier alpha value is -1.43. The van der Waals surface area contributed by atoms with E-state index in [-0.39, 0.29) is 12.5 Å². The van der Waals surface area contributed by atoms with Crippen LogP contribution in [0, 0.1) is 12.3 Å². The van der Waals surface area contributed by atoms with Crippen molar-refractivity contribution in [2.75, 3.05) is 37.7 Å². The van der Waals surface area contributed by atoms with Crippen LogP contribution in [0.5, 0.6) is 0 Å². The summed E-state index contributed by atoms with van der Waals surface area (Å²) in [5.74, 6) is 0.120. The molecule has 5 nitrogen and oxygen atoms in total. The first-order valence-corrected chi connectivity index (χ1v) is 9.90. The van der Waals surface area contributed by atoms with Crippen LogP contribution in [-0.4, -0.2) is 59.9 Å². The van der Waals surface area contributed by atoms with E-state index in [0.29, 0.717) is 26.1 Å². The standard InChI is InChI=1S/C21H32N2O3/c1-3-9-21(15-24)14-22(11-8-19(21)25)13-20(26)23-10-4-5-17-12-16(2)6-7-18(17)23/h6-7,12,19,24-25H,3-5,8-11,13-15H2,1-2H3/t19-,21+/m1/s1. The maximum absolute atomic E-state index is 13.0. The summed E-state index contributed by atoms with van der Waals surface area (Å²) in [4.78, 5) is 17.0. The van der Waals surface area contributed by atoms with Gasteiger partial charge in [0.05, 0.1) is 19.3 Å². The van der Waals surface area contributed by atoms with Gasteiger partial charge in [-0.25, -0.2) is 0 Å². The zero-order chi connectivity index (χ0) is 18.7. The maximum atomic E-state index is 13.0. The van der Waals surface area contributed by atoms with Crippen molar-refractivity contribution >= 4 is 11.6 Å². The van der Waals surface area contributed by atoms with E-state index in [1.807, 2.05) is 4.90 Å². The predicted octanol–water partition coefficient (Wildman–Crippen LogP) is 2.12. The fourth-order valence-electron chi connectivity index (χ4n) is 4.62. The number of fused-ring (bicyclic) bond motifs is 1. The third-order valence-electron chi connectivity index (χ3n) is 6.04. The molecule has 2 aliphatic rings. The van der Waals surface area contributed by atoms with Gasteiger partial charge in [-0.15, -0.1) is 0 Å². The lowest BCUT2D eigenvalue weighted by Crippen LogP contribution is -2.56. The molecule has 0 bridgehead atoms. The van der Waals surface area contributed by atoms with Crippen molar-refractivity contribution in [2.45, 2.75) is 52.1 Å². The van der Waals surface area contributed by atoms with Gasteiger partial charge in [0, 0.05) is 30.7 Å². The van der Waals surface area contributed by atoms with E-state index >= 15 is 0 Å². The van der Waals surface area contributed by atoms with Crippen molar-refractivity contribution < 1.29 is 15.0 Å². The van der Waals surface area contributed by atoms with Crippen molar-refractivity contribution in [3.8, 4) is 0 Å². The largest absolute Gasteiger partial charge is 0.396 e. The molecule has 0 saturated carbocycles. The Morgan fingerprint density at radius 3 is 2.88 bits per heavy atom. The van der Waals surface area contributed by atoms with Gasteiger partial charge in [-0.3, -0.25) is 9.69 Å². The molecule has 2 aliphatic heterocycles. The number of piperidine rings is 1. The van der Waals surface area contributed by atoms with Crippen molar-refractivity contribution in [1.82, 2.24) is 4.90 Å².